The summed E-state index contributed by atoms with van der Waals surface area (Å²) < 4.78 is 0. The fourth-order valence-electron chi connectivity index (χ4n) is 3.07. The Morgan fingerprint density at radius 1 is 0.821 bits per heavy atom. The van der Waals surface area contributed by atoms with Crippen molar-refractivity contribution in [1.29, 1.82) is 0 Å². The number of ketones is 1. The Labute approximate surface area is 161 Å². The molecule has 4 rings (SSSR count). The third-order valence-electron chi connectivity index (χ3n) is 4.44. The summed E-state index contributed by atoms with van der Waals surface area (Å²) >= 11 is 0. The van der Waals surface area contributed by atoms with Crippen LogP contribution in [-0.4, -0.2) is 20.7 Å². The molecule has 0 aliphatic rings. The van der Waals surface area contributed by atoms with Crippen LogP contribution in [-0.2, 0) is 0 Å². The number of benzene rings is 2. The molecule has 0 atom stereocenters. The van der Waals surface area contributed by atoms with Crippen LogP contribution >= 0.6 is 0 Å². The molecule has 2 aromatic heterocycles. The number of anilines is 2. The van der Waals surface area contributed by atoms with Crippen molar-refractivity contribution in [3.63, 3.8) is 0 Å². The van der Waals surface area contributed by atoms with E-state index in [0.717, 1.165) is 5.56 Å². The minimum absolute atomic E-state index is 0.137. The molecule has 0 fully saturated rings. The molecule has 0 saturated heterocycles. The van der Waals surface area contributed by atoms with Crippen LogP contribution in [0.15, 0.2) is 79.3 Å². The zero-order chi connectivity index (χ0) is 19.5. The Balaban J connectivity index is 1.87. The summed E-state index contributed by atoms with van der Waals surface area (Å²) in [6, 6.07) is 18.1. The van der Waals surface area contributed by atoms with Gasteiger partial charge in [0.2, 0.25) is 5.95 Å². The Hall–Kier alpha value is -4.06. The van der Waals surface area contributed by atoms with Crippen molar-refractivity contribution in [3.05, 3.63) is 90.4 Å². The van der Waals surface area contributed by atoms with Crippen molar-refractivity contribution in [3.8, 4) is 22.4 Å². The van der Waals surface area contributed by atoms with Gasteiger partial charge in [-0.15, -0.1) is 0 Å². The molecule has 6 nitrogen and oxygen atoms in total. The summed E-state index contributed by atoms with van der Waals surface area (Å²) in [7, 11) is 0. The fraction of sp³-hybridized carbons (Fsp3) is 0. The van der Waals surface area contributed by atoms with Gasteiger partial charge in [0.25, 0.3) is 0 Å². The molecule has 0 saturated carbocycles. The summed E-state index contributed by atoms with van der Waals surface area (Å²) in [4.78, 5) is 25.5. The first-order valence-electron chi connectivity index (χ1n) is 8.66. The summed E-state index contributed by atoms with van der Waals surface area (Å²) in [5.74, 6) is 0.0208. The number of carbonyl (C=O) groups is 1. The summed E-state index contributed by atoms with van der Waals surface area (Å²) in [5.41, 5.74) is 16.4. The molecule has 0 bridgehead atoms. The van der Waals surface area contributed by atoms with Gasteiger partial charge in [0.1, 0.15) is 0 Å². The minimum atomic E-state index is -0.137. The highest BCUT2D eigenvalue weighted by molar-refractivity contribution is 6.13. The molecular weight excluding hydrogens is 350 g/mol. The van der Waals surface area contributed by atoms with Crippen molar-refractivity contribution in [2.24, 2.45) is 0 Å². The van der Waals surface area contributed by atoms with Crippen molar-refractivity contribution in [2.75, 3.05) is 11.5 Å². The minimum Gasteiger partial charge on any atom is -0.398 e. The number of para-hydroxylation sites is 1. The topological polar surface area (TPSA) is 108 Å². The third kappa shape index (κ3) is 3.19. The quantitative estimate of drug-likeness (QED) is 0.421. The van der Waals surface area contributed by atoms with Crippen molar-refractivity contribution >= 4 is 17.4 Å². The zero-order valence-electron chi connectivity index (χ0n) is 14.9. The van der Waals surface area contributed by atoms with E-state index in [1.54, 1.807) is 42.9 Å². The van der Waals surface area contributed by atoms with Crippen LogP contribution in [0.3, 0.4) is 0 Å². The summed E-state index contributed by atoms with van der Waals surface area (Å²) in [6.07, 6.45) is 4.98. The molecule has 0 amide bonds. The molecule has 4 N–H and O–H groups in total. The number of nitrogens with two attached hydrogens (primary N) is 2. The molecule has 0 unspecified atom stereocenters. The summed E-state index contributed by atoms with van der Waals surface area (Å²) in [5, 5.41) is 0. The third-order valence-corrected chi connectivity index (χ3v) is 4.44. The van der Waals surface area contributed by atoms with Gasteiger partial charge in [0.15, 0.2) is 5.78 Å². The second-order valence-corrected chi connectivity index (χ2v) is 6.19. The predicted octanol–water partition coefficient (Wildman–Crippen LogP) is 3.60. The number of pyridine rings is 1. The number of nitrogens with zero attached hydrogens (tertiary/aromatic N) is 3. The van der Waals surface area contributed by atoms with Gasteiger partial charge < -0.3 is 11.5 Å². The average Bonchev–Trinajstić information content (AvgIpc) is 2.75. The van der Waals surface area contributed by atoms with Gasteiger partial charge >= 0.3 is 0 Å². The van der Waals surface area contributed by atoms with Crippen LogP contribution in [0, 0.1) is 0 Å². The first kappa shape index (κ1) is 17.4. The van der Waals surface area contributed by atoms with Gasteiger partial charge in [-0.3, -0.25) is 9.78 Å². The maximum Gasteiger partial charge on any atom is 0.220 e. The standard InChI is InChI=1S/C22H17N5O/c23-19-16(7-4-8-17(19)21(28)15-5-2-1-3-6-15)18-13-26-22(24)27-20(18)14-9-11-25-12-10-14/h1-13H,23H2,(H2,24,26,27). The molecule has 6 heteroatoms. The Bertz CT molecular complexity index is 1140. The molecule has 2 aromatic carbocycles. The predicted molar refractivity (Wildman–Crippen MR) is 109 cm³/mol. The lowest BCUT2D eigenvalue weighted by molar-refractivity contribution is 0.103. The van der Waals surface area contributed by atoms with Gasteiger partial charge in [0.05, 0.1) is 11.4 Å². The molecule has 28 heavy (non-hydrogen) atoms. The van der Waals surface area contributed by atoms with E-state index < -0.39 is 0 Å². The SMILES string of the molecule is Nc1ncc(-c2cccc(C(=O)c3ccccc3)c2N)c(-c2ccncc2)n1. The van der Waals surface area contributed by atoms with Crippen LogP contribution in [0.25, 0.3) is 22.4 Å². The Morgan fingerprint density at radius 3 is 2.32 bits per heavy atom. The lowest BCUT2D eigenvalue weighted by Gasteiger charge is -2.14. The number of aromatic nitrogens is 3. The maximum atomic E-state index is 12.9. The summed E-state index contributed by atoms with van der Waals surface area (Å²) in [6.45, 7) is 0. The molecule has 136 valence electrons. The highest BCUT2D eigenvalue weighted by atomic mass is 16.1. The smallest absolute Gasteiger partial charge is 0.220 e. The number of rotatable bonds is 4. The first-order valence-corrected chi connectivity index (χ1v) is 8.66. The van der Waals surface area contributed by atoms with Crippen LogP contribution in [0.5, 0.6) is 0 Å². The molecule has 0 aliphatic carbocycles. The van der Waals surface area contributed by atoms with E-state index in [1.165, 1.54) is 0 Å². The molecule has 0 aliphatic heterocycles. The van der Waals surface area contributed by atoms with Crippen LogP contribution in [0.4, 0.5) is 11.6 Å². The molecular formula is C22H17N5O. The molecule has 0 radical (unpaired) electrons. The van der Waals surface area contributed by atoms with Crippen LogP contribution < -0.4 is 11.5 Å². The first-order chi connectivity index (χ1) is 13.6. The highest BCUT2D eigenvalue weighted by Gasteiger charge is 2.18. The van der Waals surface area contributed by atoms with Crippen molar-refractivity contribution < 1.29 is 4.79 Å². The monoisotopic (exact) mass is 367 g/mol. The van der Waals surface area contributed by atoms with Gasteiger partial charge in [0, 0.05) is 46.4 Å². The van der Waals surface area contributed by atoms with E-state index in [9.17, 15) is 4.79 Å². The highest BCUT2D eigenvalue weighted by Crippen LogP contribution is 2.35. The zero-order valence-corrected chi connectivity index (χ0v) is 14.9. The van der Waals surface area contributed by atoms with E-state index in [-0.39, 0.29) is 11.7 Å². The normalized spacial score (nSPS) is 10.6. The van der Waals surface area contributed by atoms with Crippen LogP contribution in [0.1, 0.15) is 15.9 Å². The number of hydrogen-bond donors (Lipinski definition) is 2. The number of hydrogen-bond acceptors (Lipinski definition) is 6. The number of nitrogen functional groups attached to an aromatic ring is 2. The van der Waals surface area contributed by atoms with Gasteiger partial charge in [-0.25, -0.2) is 9.97 Å². The van der Waals surface area contributed by atoms with E-state index >= 15 is 0 Å². The van der Waals surface area contributed by atoms with E-state index in [0.29, 0.717) is 33.6 Å². The van der Waals surface area contributed by atoms with Gasteiger partial charge in [-0.2, -0.15) is 0 Å². The second kappa shape index (κ2) is 7.28. The fourth-order valence-corrected chi connectivity index (χ4v) is 3.07. The lowest BCUT2D eigenvalue weighted by Crippen LogP contribution is -2.07. The van der Waals surface area contributed by atoms with Gasteiger partial charge in [-0.1, -0.05) is 42.5 Å². The van der Waals surface area contributed by atoms with Gasteiger partial charge in [-0.05, 0) is 18.2 Å². The largest absolute Gasteiger partial charge is 0.398 e. The maximum absolute atomic E-state index is 12.9. The molecule has 4 aromatic rings. The number of carbonyl (C=O) groups excluding carboxylic acids is 1. The Kier molecular flexibility index (Phi) is 4.51. The molecule has 0 spiro atoms. The van der Waals surface area contributed by atoms with E-state index in [4.69, 9.17) is 11.5 Å². The average molecular weight is 367 g/mol. The van der Waals surface area contributed by atoms with E-state index in [1.807, 2.05) is 36.4 Å². The van der Waals surface area contributed by atoms with Crippen molar-refractivity contribution in [2.45, 2.75) is 0 Å². The van der Waals surface area contributed by atoms with Crippen molar-refractivity contribution in [1.82, 2.24) is 15.0 Å². The Morgan fingerprint density at radius 2 is 1.57 bits per heavy atom. The van der Waals surface area contributed by atoms with Crippen LogP contribution in [0.2, 0.25) is 0 Å². The second-order valence-electron chi connectivity index (χ2n) is 6.19. The lowest BCUT2D eigenvalue weighted by atomic mass is 9.94. The molecule has 2 heterocycles. The van der Waals surface area contributed by atoms with E-state index in [2.05, 4.69) is 15.0 Å².